The van der Waals surface area contributed by atoms with E-state index in [0.717, 1.165) is 27.2 Å². The molecule has 0 saturated carbocycles. The van der Waals surface area contributed by atoms with E-state index in [1.165, 1.54) is 29.2 Å². The average Bonchev–Trinajstić information content (AvgIpc) is 3.38. The molecule has 0 fully saturated rings. The minimum absolute atomic E-state index is 0.0474. The molecule has 0 amide bonds. The Balaban J connectivity index is 1.29. The number of aromatic nitrogens is 6. The minimum Gasteiger partial charge on any atom is -0.459 e. The van der Waals surface area contributed by atoms with Crippen LogP contribution in [0.2, 0.25) is 0 Å². The highest BCUT2D eigenvalue weighted by atomic mass is 32.2. The summed E-state index contributed by atoms with van der Waals surface area (Å²) < 4.78 is 9.67. The summed E-state index contributed by atoms with van der Waals surface area (Å²) in [5.41, 5.74) is 3.74. The number of hydrogen-bond acceptors (Lipinski definition) is 9. The molecule has 11 heteroatoms. The Labute approximate surface area is 196 Å². The van der Waals surface area contributed by atoms with Gasteiger partial charge in [-0.25, -0.2) is 14.5 Å². The first-order valence-corrected chi connectivity index (χ1v) is 12.3. The second-order valence-corrected chi connectivity index (χ2v) is 9.29. The van der Waals surface area contributed by atoms with E-state index in [9.17, 15) is 9.59 Å². The molecule has 33 heavy (non-hydrogen) atoms. The summed E-state index contributed by atoms with van der Waals surface area (Å²) in [4.78, 5) is 39.0. The van der Waals surface area contributed by atoms with Crippen molar-refractivity contribution in [2.75, 3.05) is 6.26 Å². The van der Waals surface area contributed by atoms with Crippen molar-refractivity contribution in [3.63, 3.8) is 0 Å². The fourth-order valence-corrected chi connectivity index (χ4v) is 5.18. The monoisotopic (exact) mass is 480 g/mol. The van der Waals surface area contributed by atoms with Gasteiger partial charge in [0.2, 0.25) is 5.16 Å². The lowest BCUT2D eigenvalue weighted by atomic mass is 10.1. The topological polar surface area (TPSA) is 104 Å². The molecule has 168 valence electrons. The average molecular weight is 481 g/mol. The molecule has 9 nitrogen and oxygen atoms in total. The number of thioether (sulfide) groups is 1. The van der Waals surface area contributed by atoms with E-state index in [0.29, 0.717) is 28.0 Å². The number of thiazole rings is 1. The van der Waals surface area contributed by atoms with Crippen molar-refractivity contribution < 1.29 is 9.53 Å². The third kappa shape index (κ3) is 3.98. The van der Waals surface area contributed by atoms with Gasteiger partial charge in [0.25, 0.3) is 11.3 Å². The van der Waals surface area contributed by atoms with Gasteiger partial charge in [-0.2, -0.15) is 4.98 Å². The highest BCUT2D eigenvalue weighted by Crippen LogP contribution is 2.23. The van der Waals surface area contributed by atoms with E-state index in [1.807, 2.05) is 44.4 Å². The lowest BCUT2D eigenvalue weighted by Gasteiger charge is -2.10. The Morgan fingerprint density at radius 3 is 2.82 bits per heavy atom. The lowest BCUT2D eigenvalue weighted by molar-refractivity contribution is -0.145. The van der Waals surface area contributed by atoms with Gasteiger partial charge in [0.15, 0.2) is 4.96 Å². The van der Waals surface area contributed by atoms with Gasteiger partial charge >= 0.3 is 5.97 Å². The molecule has 0 aliphatic rings. The van der Waals surface area contributed by atoms with Crippen molar-refractivity contribution in [3.05, 3.63) is 63.3 Å². The van der Waals surface area contributed by atoms with E-state index in [4.69, 9.17) is 4.74 Å². The van der Waals surface area contributed by atoms with E-state index in [1.54, 1.807) is 8.92 Å². The molecule has 0 saturated heterocycles. The summed E-state index contributed by atoms with van der Waals surface area (Å²) in [5, 5.41) is 5.09. The molecule has 0 N–H and O–H groups in total. The number of fused-ring (bicyclic) bond motifs is 4. The number of carbonyl (C=O) groups is 1. The van der Waals surface area contributed by atoms with Crippen molar-refractivity contribution in [2.45, 2.75) is 38.5 Å². The Hall–Kier alpha value is -3.31. The molecule has 0 atom stereocenters. The summed E-state index contributed by atoms with van der Waals surface area (Å²) in [6.45, 7) is 3.80. The molecule has 4 aromatic heterocycles. The van der Waals surface area contributed by atoms with Crippen LogP contribution in [-0.4, -0.2) is 41.2 Å². The van der Waals surface area contributed by atoms with Crippen molar-refractivity contribution in [3.8, 4) is 0 Å². The molecule has 0 spiro atoms. The summed E-state index contributed by atoms with van der Waals surface area (Å²) in [6.07, 6.45) is 2.57. The first-order valence-electron chi connectivity index (χ1n) is 10.3. The Kier molecular flexibility index (Phi) is 5.59. The third-order valence-corrected chi connectivity index (χ3v) is 6.98. The normalized spacial score (nSPS) is 11.6. The molecule has 0 bridgehead atoms. The van der Waals surface area contributed by atoms with E-state index >= 15 is 0 Å². The van der Waals surface area contributed by atoms with Gasteiger partial charge in [0.05, 0.1) is 15.9 Å². The number of benzene rings is 1. The predicted molar refractivity (Wildman–Crippen MR) is 127 cm³/mol. The lowest BCUT2D eigenvalue weighted by Crippen LogP contribution is -2.15. The van der Waals surface area contributed by atoms with Gasteiger partial charge in [-0.15, -0.1) is 5.10 Å². The van der Waals surface area contributed by atoms with Crippen molar-refractivity contribution in [1.29, 1.82) is 0 Å². The molecule has 0 aliphatic carbocycles. The summed E-state index contributed by atoms with van der Waals surface area (Å²) >= 11 is 2.88. The third-order valence-electron chi connectivity index (χ3n) is 5.42. The number of hydrogen-bond donors (Lipinski definition) is 0. The molecular formula is C22H20N6O3S2. The van der Waals surface area contributed by atoms with Crippen LogP contribution in [0.25, 0.3) is 21.0 Å². The zero-order valence-corrected chi connectivity index (χ0v) is 19.9. The van der Waals surface area contributed by atoms with Gasteiger partial charge in [-0.05, 0) is 44.2 Å². The Morgan fingerprint density at radius 1 is 1.18 bits per heavy atom. The second-order valence-electron chi connectivity index (χ2n) is 7.51. The van der Waals surface area contributed by atoms with Crippen LogP contribution >= 0.6 is 23.1 Å². The number of ether oxygens (including phenoxy) is 1. The fraction of sp³-hybridized carbons (Fsp3) is 0.273. The summed E-state index contributed by atoms with van der Waals surface area (Å²) in [7, 11) is 0. The largest absolute Gasteiger partial charge is 0.459 e. The van der Waals surface area contributed by atoms with Crippen LogP contribution in [-0.2, 0) is 22.6 Å². The molecule has 0 unspecified atom stereocenters. The van der Waals surface area contributed by atoms with Crippen LogP contribution in [0, 0.1) is 13.8 Å². The SMILES string of the molecule is CSc1nc2nc(C)c(CCC(=O)OCc3cc(=O)n4c(n3)sc3ccccc34)c(C)n2n1. The van der Waals surface area contributed by atoms with Gasteiger partial charge in [-0.3, -0.25) is 14.0 Å². The number of para-hydroxylation sites is 1. The minimum atomic E-state index is -0.365. The quantitative estimate of drug-likeness (QED) is 0.269. The molecule has 5 rings (SSSR count). The maximum absolute atomic E-state index is 12.6. The van der Waals surface area contributed by atoms with Gasteiger partial charge in [0, 0.05) is 23.9 Å². The smallest absolute Gasteiger partial charge is 0.306 e. The fourth-order valence-electron chi connectivity index (χ4n) is 3.79. The number of rotatable bonds is 6. The maximum atomic E-state index is 12.6. The van der Waals surface area contributed by atoms with E-state index in [-0.39, 0.29) is 24.6 Å². The molecule has 4 heterocycles. The molecule has 5 aromatic rings. The zero-order chi connectivity index (χ0) is 23.1. The predicted octanol–water partition coefficient (Wildman–Crippen LogP) is 3.36. The van der Waals surface area contributed by atoms with Crippen LogP contribution in [0.1, 0.15) is 29.1 Å². The van der Waals surface area contributed by atoms with Crippen LogP contribution < -0.4 is 5.56 Å². The number of nitrogens with zero attached hydrogens (tertiary/aromatic N) is 6. The number of esters is 1. The van der Waals surface area contributed by atoms with Crippen molar-refractivity contribution in [1.82, 2.24) is 29.0 Å². The van der Waals surface area contributed by atoms with Crippen LogP contribution in [0.5, 0.6) is 0 Å². The van der Waals surface area contributed by atoms with E-state index < -0.39 is 0 Å². The summed E-state index contributed by atoms with van der Waals surface area (Å²) in [5.74, 6) is 0.185. The highest BCUT2D eigenvalue weighted by molar-refractivity contribution is 7.98. The number of aryl methyl sites for hydroxylation is 2. The molecule has 0 aliphatic heterocycles. The Morgan fingerprint density at radius 2 is 2.00 bits per heavy atom. The van der Waals surface area contributed by atoms with Crippen LogP contribution in [0.4, 0.5) is 0 Å². The highest BCUT2D eigenvalue weighted by Gasteiger charge is 2.16. The van der Waals surface area contributed by atoms with Gasteiger partial charge < -0.3 is 4.74 Å². The second kappa shape index (κ2) is 8.56. The zero-order valence-electron chi connectivity index (χ0n) is 18.2. The first-order chi connectivity index (χ1) is 15.9. The van der Waals surface area contributed by atoms with Crippen LogP contribution in [0.15, 0.2) is 40.3 Å². The van der Waals surface area contributed by atoms with Crippen molar-refractivity contribution in [2.24, 2.45) is 0 Å². The van der Waals surface area contributed by atoms with E-state index in [2.05, 4.69) is 20.1 Å². The number of carbonyl (C=O) groups excluding carboxylic acids is 1. The first kappa shape index (κ1) is 21.5. The van der Waals surface area contributed by atoms with Crippen LogP contribution in [0.3, 0.4) is 0 Å². The molecular weight excluding hydrogens is 460 g/mol. The van der Waals surface area contributed by atoms with Gasteiger partial charge in [-0.1, -0.05) is 35.2 Å². The van der Waals surface area contributed by atoms with Gasteiger partial charge in [0.1, 0.15) is 6.61 Å². The molecule has 1 aromatic carbocycles. The summed E-state index contributed by atoms with van der Waals surface area (Å²) in [6, 6.07) is 9.06. The molecule has 0 radical (unpaired) electrons. The standard InChI is InChI=1S/C22H20N6O3S2/c1-12-15(13(2)28-20(23-12)25-21(26-28)32-3)8-9-19(30)31-11-14-10-18(29)27-16-6-4-5-7-17(16)33-22(27)24-14/h4-7,10H,8-9,11H2,1-3H3. The Bertz CT molecular complexity index is 1590. The maximum Gasteiger partial charge on any atom is 0.306 e. The van der Waals surface area contributed by atoms with Crippen molar-refractivity contribution >= 4 is 50.0 Å².